The van der Waals surface area contributed by atoms with Crippen LogP contribution in [0.4, 0.5) is 24.5 Å². The van der Waals surface area contributed by atoms with Crippen LogP contribution < -0.4 is 11.1 Å². The summed E-state index contributed by atoms with van der Waals surface area (Å²) in [5, 5.41) is 2.93. The molecule has 0 radical (unpaired) electrons. The van der Waals surface area contributed by atoms with E-state index < -0.39 is 12.6 Å². The number of aryl methyl sites for hydroxylation is 1. The van der Waals surface area contributed by atoms with Crippen LogP contribution >= 0.6 is 0 Å². The van der Waals surface area contributed by atoms with Gasteiger partial charge in [0.05, 0.1) is 0 Å². The van der Waals surface area contributed by atoms with E-state index >= 15 is 0 Å². The Balaban J connectivity index is 2.35. The van der Waals surface area contributed by atoms with E-state index in [1.54, 1.807) is 12.1 Å². The smallest absolute Gasteiger partial charge is 0.389 e. The highest BCUT2D eigenvalue weighted by atomic mass is 19.4. The molecule has 0 heterocycles. The predicted octanol–water partition coefficient (Wildman–Crippen LogP) is 3.33. The predicted molar refractivity (Wildman–Crippen MR) is 59.4 cm³/mol. The van der Waals surface area contributed by atoms with Crippen molar-refractivity contribution in [3.63, 3.8) is 0 Å². The number of nitrogen functional groups attached to an aromatic ring is 1. The number of hydrogen-bond donors (Lipinski definition) is 2. The summed E-state index contributed by atoms with van der Waals surface area (Å²) in [7, 11) is 0. The summed E-state index contributed by atoms with van der Waals surface area (Å²) in [4.78, 5) is 0. The minimum Gasteiger partial charge on any atom is -0.399 e. The number of nitrogens with two attached hydrogens (primary N) is 1. The first-order valence-electron chi connectivity index (χ1n) is 5.05. The highest BCUT2D eigenvalue weighted by Gasteiger charge is 2.25. The average Bonchev–Trinajstić information content (AvgIpc) is 2.17. The van der Waals surface area contributed by atoms with Crippen molar-refractivity contribution in [3.05, 3.63) is 23.8 Å². The fraction of sp³-hybridized carbons (Fsp3) is 0.455. The topological polar surface area (TPSA) is 38.0 Å². The van der Waals surface area contributed by atoms with Crippen LogP contribution in [0.1, 0.15) is 18.4 Å². The number of anilines is 2. The normalized spacial score (nSPS) is 11.5. The van der Waals surface area contributed by atoms with Crippen molar-refractivity contribution in [2.75, 3.05) is 17.6 Å². The third-order valence-electron chi connectivity index (χ3n) is 2.24. The Morgan fingerprint density at radius 2 is 2.00 bits per heavy atom. The summed E-state index contributed by atoms with van der Waals surface area (Å²) in [6.07, 6.45) is -4.75. The summed E-state index contributed by atoms with van der Waals surface area (Å²) in [5.74, 6) is 0. The first-order chi connectivity index (χ1) is 7.38. The molecular formula is C11H15F3N2. The SMILES string of the molecule is Cc1cc(NCCCC(F)(F)F)ccc1N. The fourth-order valence-corrected chi connectivity index (χ4v) is 1.31. The lowest BCUT2D eigenvalue weighted by atomic mass is 10.2. The van der Waals surface area contributed by atoms with Crippen LogP contribution in [0.3, 0.4) is 0 Å². The largest absolute Gasteiger partial charge is 0.399 e. The van der Waals surface area contributed by atoms with E-state index in [9.17, 15) is 13.2 Å². The monoisotopic (exact) mass is 232 g/mol. The molecule has 1 aromatic rings. The third-order valence-corrected chi connectivity index (χ3v) is 2.24. The van der Waals surface area contributed by atoms with Crippen LogP contribution in [0.5, 0.6) is 0 Å². The summed E-state index contributed by atoms with van der Waals surface area (Å²) in [5.41, 5.74) is 8.02. The molecule has 3 N–H and O–H groups in total. The Labute approximate surface area is 92.6 Å². The maximum atomic E-state index is 11.9. The number of rotatable bonds is 4. The maximum Gasteiger partial charge on any atom is 0.389 e. The molecule has 0 aliphatic heterocycles. The zero-order valence-corrected chi connectivity index (χ0v) is 9.06. The van der Waals surface area contributed by atoms with E-state index in [1.807, 2.05) is 13.0 Å². The van der Waals surface area contributed by atoms with E-state index in [1.165, 1.54) is 0 Å². The molecule has 0 saturated heterocycles. The van der Waals surface area contributed by atoms with Gasteiger partial charge >= 0.3 is 6.18 Å². The molecule has 0 aliphatic carbocycles. The Bertz CT molecular complexity index is 348. The lowest BCUT2D eigenvalue weighted by Crippen LogP contribution is -2.11. The van der Waals surface area contributed by atoms with Crippen molar-refractivity contribution in [2.45, 2.75) is 25.9 Å². The number of nitrogens with one attached hydrogen (secondary N) is 1. The van der Waals surface area contributed by atoms with Crippen LogP contribution in [0.15, 0.2) is 18.2 Å². The number of hydrogen-bond acceptors (Lipinski definition) is 2. The van der Waals surface area contributed by atoms with E-state index in [2.05, 4.69) is 5.32 Å². The molecule has 0 saturated carbocycles. The number of halogens is 3. The zero-order valence-electron chi connectivity index (χ0n) is 9.06. The van der Waals surface area contributed by atoms with Gasteiger partial charge in [-0.05, 0) is 37.1 Å². The molecule has 1 rings (SSSR count). The molecular weight excluding hydrogens is 217 g/mol. The van der Waals surface area contributed by atoms with E-state index in [0.717, 1.165) is 11.3 Å². The van der Waals surface area contributed by atoms with Crippen LogP contribution in [0, 0.1) is 6.92 Å². The van der Waals surface area contributed by atoms with Gasteiger partial charge in [-0.15, -0.1) is 0 Å². The molecule has 0 bridgehead atoms. The molecule has 90 valence electrons. The van der Waals surface area contributed by atoms with E-state index in [0.29, 0.717) is 12.2 Å². The fourth-order valence-electron chi connectivity index (χ4n) is 1.31. The summed E-state index contributed by atoms with van der Waals surface area (Å²) >= 11 is 0. The molecule has 0 amide bonds. The molecule has 2 nitrogen and oxygen atoms in total. The quantitative estimate of drug-likeness (QED) is 0.617. The second kappa shape index (κ2) is 5.09. The van der Waals surface area contributed by atoms with Crippen molar-refractivity contribution in [1.82, 2.24) is 0 Å². The number of benzene rings is 1. The van der Waals surface area contributed by atoms with Gasteiger partial charge in [0.25, 0.3) is 0 Å². The van der Waals surface area contributed by atoms with Crippen molar-refractivity contribution in [2.24, 2.45) is 0 Å². The van der Waals surface area contributed by atoms with Crippen LogP contribution in [-0.4, -0.2) is 12.7 Å². The van der Waals surface area contributed by atoms with Crippen molar-refractivity contribution in [1.29, 1.82) is 0 Å². The Kier molecular flexibility index (Phi) is 4.04. The average molecular weight is 232 g/mol. The second-order valence-electron chi connectivity index (χ2n) is 3.72. The Hall–Kier alpha value is -1.39. The summed E-state index contributed by atoms with van der Waals surface area (Å²) in [6.45, 7) is 2.17. The van der Waals surface area contributed by atoms with Gasteiger partial charge < -0.3 is 11.1 Å². The van der Waals surface area contributed by atoms with Crippen molar-refractivity contribution < 1.29 is 13.2 Å². The maximum absolute atomic E-state index is 11.9. The summed E-state index contributed by atoms with van der Waals surface area (Å²) in [6, 6.07) is 5.32. The molecule has 0 aromatic heterocycles. The van der Waals surface area contributed by atoms with Gasteiger partial charge in [-0.25, -0.2) is 0 Å². The lowest BCUT2D eigenvalue weighted by Gasteiger charge is -2.09. The van der Waals surface area contributed by atoms with Crippen molar-refractivity contribution in [3.8, 4) is 0 Å². The first-order valence-corrected chi connectivity index (χ1v) is 5.05. The Morgan fingerprint density at radius 3 is 2.56 bits per heavy atom. The standard InChI is InChI=1S/C11H15F3N2/c1-8-7-9(3-4-10(8)15)16-6-2-5-11(12,13)14/h3-4,7,16H,2,5-6,15H2,1H3. The van der Waals surface area contributed by atoms with Gasteiger partial charge in [0.2, 0.25) is 0 Å². The van der Waals surface area contributed by atoms with Crippen LogP contribution in [-0.2, 0) is 0 Å². The molecule has 16 heavy (non-hydrogen) atoms. The first kappa shape index (κ1) is 12.7. The third kappa shape index (κ3) is 4.42. The molecule has 0 aliphatic rings. The van der Waals surface area contributed by atoms with Gasteiger partial charge in [-0.1, -0.05) is 0 Å². The molecule has 0 spiro atoms. The van der Waals surface area contributed by atoms with E-state index in [-0.39, 0.29) is 6.42 Å². The highest BCUT2D eigenvalue weighted by Crippen LogP contribution is 2.21. The van der Waals surface area contributed by atoms with Gasteiger partial charge in [-0.2, -0.15) is 13.2 Å². The second-order valence-corrected chi connectivity index (χ2v) is 3.72. The van der Waals surface area contributed by atoms with Crippen LogP contribution in [0.2, 0.25) is 0 Å². The zero-order chi connectivity index (χ0) is 12.2. The molecule has 0 atom stereocenters. The summed E-state index contributed by atoms with van der Waals surface area (Å²) < 4.78 is 35.6. The highest BCUT2D eigenvalue weighted by molar-refractivity contribution is 5.56. The van der Waals surface area contributed by atoms with Gasteiger partial charge in [-0.3, -0.25) is 0 Å². The van der Waals surface area contributed by atoms with Gasteiger partial charge in [0.1, 0.15) is 0 Å². The minimum atomic E-state index is -4.07. The van der Waals surface area contributed by atoms with Crippen LogP contribution in [0.25, 0.3) is 0 Å². The molecule has 0 fully saturated rings. The lowest BCUT2D eigenvalue weighted by molar-refractivity contribution is -0.134. The molecule has 1 aromatic carbocycles. The molecule has 5 heteroatoms. The molecule has 0 unspecified atom stereocenters. The minimum absolute atomic E-state index is 0.0763. The number of alkyl halides is 3. The Morgan fingerprint density at radius 1 is 1.31 bits per heavy atom. The van der Waals surface area contributed by atoms with Crippen molar-refractivity contribution >= 4 is 11.4 Å². The van der Waals surface area contributed by atoms with E-state index in [4.69, 9.17) is 5.73 Å². The van der Waals surface area contributed by atoms with Gasteiger partial charge in [0.15, 0.2) is 0 Å². The van der Waals surface area contributed by atoms with Gasteiger partial charge in [0, 0.05) is 24.3 Å².